The van der Waals surface area contributed by atoms with Crippen LogP contribution in [0.2, 0.25) is 0 Å². The van der Waals surface area contributed by atoms with Crippen molar-refractivity contribution in [1.29, 1.82) is 0 Å². The van der Waals surface area contributed by atoms with Crippen molar-refractivity contribution in [2.75, 3.05) is 5.73 Å². The van der Waals surface area contributed by atoms with Gasteiger partial charge in [0, 0.05) is 17.0 Å². The van der Waals surface area contributed by atoms with E-state index in [1.165, 1.54) is 18.5 Å². The molecule has 29 heavy (non-hydrogen) atoms. The molecule has 2 aromatic carbocycles. The van der Waals surface area contributed by atoms with Crippen LogP contribution >= 0.6 is 11.8 Å². The summed E-state index contributed by atoms with van der Waals surface area (Å²) in [4.78, 5) is 16.6. The average molecular weight is 403 g/mol. The zero-order valence-corrected chi connectivity index (χ0v) is 16.5. The predicted octanol–water partition coefficient (Wildman–Crippen LogP) is 4.92. The van der Waals surface area contributed by atoms with Crippen LogP contribution in [0.1, 0.15) is 11.3 Å². The molecule has 2 heterocycles. The maximum atomic E-state index is 14.8. The quantitative estimate of drug-likeness (QED) is 0.376. The Hall–Kier alpha value is -3.32. The third-order valence-electron chi connectivity index (χ3n) is 4.40. The molecule has 2 N–H and O–H groups in total. The maximum Gasteiger partial charge on any atom is 0.141 e. The Morgan fingerprint density at radius 1 is 0.931 bits per heavy atom. The van der Waals surface area contributed by atoms with Gasteiger partial charge in [-0.25, -0.2) is 19.3 Å². The zero-order chi connectivity index (χ0) is 20.2. The number of aryl methyl sites for hydroxylation is 1. The van der Waals surface area contributed by atoms with Gasteiger partial charge in [0.05, 0.1) is 23.1 Å². The van der Waals surface area contributed by atoms with Crippen molar-refractivity contribution in [1.82, 2.24) is 19.9 Å². The molecule has 0 aliphatic heterocycles. The van der Waals surface area contributed by atoms with Crippen molar-refractivity contribution in [2.45, 2.75) is 17.7 Å². The number of nitrogens with zero attached hydrogens (tertiary/aromatic N) is 4. The van der Waals surface area contributed by atoms with Crippen molar-refractivity contribution in [3.05, 3.63) is 84.3 Å². The SMILES string of the molecule is Cc1cc(SCc2ccccc2-c2ccc(-c3cnc(N)cn3)c(F)c2)ncn1. The van der Waals surface area contributed by atoms with Crippen molar-refractivity contribution >= 4 is 17.6 Å². The van der Waals surface area contributed by atoms with E-state index in [0.29, 0.717) is 17.1 Å². The van der Waals surface area contributed by atoms with E-state index in [0.717, 1.165) is 33.2 Å². The first kappa shape index (κ1) is 19.0. The molecule has 4 rings (SSSR count). The van der Waals surface area contributed by atoms with Gasteiger partial charge in [0.25, 0.3) is 0 Å². The molecule has 0 radical (unpaired) electrons. The van der Waals surface area contributed by atoms with Crippen molar-refractivity contribution in [3.8, 4) is 22.4 Å². The number of thioether (sulfide) groups is 1. The van der Waals surface area contributed by atoms with Crippen LogP contribution in [0.15, 0.2) is 72.3 Å². The minimum atomic E-state index is -0.351. The summed E-state index contributed by atoms with van der Waals surface area (Å²) >= 11 is 1.63. The van der Waals surface area contributed by atoms with E-state index in [-0.39, 0.29) is 5.82 Å². The number of nitrogens with two attached hydrogens (primary N) is 1. The normalized spacial score (nSPS) is 10.8. The summed E-state index contributed by atoms with van der Waals surface area (Å²) in [7, 11) is 0. The van der Waals surface area contributed by atoms with E-state index >= 15 is 0 Å². The molecule has 0 bridgehead atoms. The van der Waals surface area contributed by atoms with Crippen molar-refractivity contribution in [2.24, 2.45) is 0 Å². The summed E-state index contributed by atoms with van der Waals surface area (Å²) in [5, 5.41) is 0.913. The maximum absolute atomic E-state index is 14.8. The minimum absolute atomic E-state index is 0.302. The van der Waals surface area contributed by atoms with Gasteiger partial charge in [0.2, 0.25) is 0 Å². The molecular weight excluding hydrogens is 385 g/mol. The first-order valence-electron chi connectivity index (χ1n) is 8.97. The summed E-state index contributed by atoms with van der Waals surface area (Å²) in [6.45, 7) is 1.94. The van der Waals surface area contributed by atoms with Gasteiger partial charge in [0.1, 0.15) is 18.0 Å². The number of anilines is 1. The van der Waals surface area contributed by atoms with E-state index in [1.54, 1.807) is 24.2 Å². The van der Waals surface area contributed by atoms with Crippen molar-refractivity contribution < 1.29 is 4.39 Å². The lowest BCUT2D eigenvalue weighted by Gasteiger charge is -2.11. The molecule has 7 heteroatoms. The van der Waals surface area contributed by atoms with Gasteiger partial charge in [0.15, 0.2) is 0 Å². The van der Waals surface area contributed by atoms with Gasteiger partial charge < -0.3 is 5.73 Å². The highest BCUT2D eigenvalue weighted by Crippen LogP contribution is 2.32. The van der Waals surface area contributed by atoms with Crippen LogP contribution in [-0.2, 0) is 5.75 Å². The highest BCUT2D eigenvalue weighted by atomic mass is 32.2. The number of rotatable bonds is 5. The van der Waals surface area contributed by atoms with Gasteiger partial charge >= 0.3 is 0 Å². The molecular formula is C22H18FN5S. The van der Waals surface area contributed by atoms with Crippen LogP contribution in [0.4, 0.5) is 10.2 Å². The van der Waals surface area contributed by atoms with E-state index in [1.807, 2.05) is 43.3 Å². The molecule has 0 unspecified atom stereocenters. The average Bonchev–Trinajstić information content (AvgIpc) is 2.73. The summed E-state index contributed by atoms with van der Waals surface area (Å²) < 4.78 is 14.8. The van der Waals surface area contributed by atoms with Gasteiger partial charge in [-0.2, -0.15) is 0 Å². The standard InChI is InChI=1S/C22H18FN5S/c1-14-8-22(28-13-27-14)29-12-16-4-2-3-5-17(16)15-6-7-18(19(23)9-15)20-10-26-21(24)11-25-20/h2-11,13H,12H2,1H3,(H2,24,26). The second-order valence-electron chi connectivity index (χ2n) is 6.46. The van der Waals surface area contributed by atoms with Crippen LogP contribution in [-0.4, -0.2) is 19.9 Å². The highest BCUT2D eigenvalue weighted by molar-refractivity contribution is 7.98. The van der Waals surface area contributed by atoms with Gasteiger partial charge in [-0.3, -0.25) is 4.98 Å². The Labute approximate surface area is 172 Å². The summed E-state index contributed by atoms with van der Waals surface area (Å²) in [5.41, 5.74) is 10.2. The predicted molar refractivity (Wildman–Crippen MR) is 114 cm³/mol. The number of hydrogen-bond acceptors (Lipinski definition) is 6. The number of benzene rings is 2. The number of halogens is 1. The molecule has 5 nitrogen and oxygen atoms in total. The molecule has 0 atom stereocenters. The van der Waals surface area contributed by atoms with Crippen LogP contribution < -0.4 is 5.73 Å². The number of nitrogen functional groups attached to an aromatic ring is 1. The lowest BCUT2D eigenvalue weighted by molar-refractivity contribution is 0.631. The zero-order valence-electron chi connectivity index (χ0n) is 15.7. The molecule has 0 amide bonds. The monoisotopic (exact) mass is 403 g/mol. The number of hydrogen-bond donors (Lipinski definition) is 1. The highest BCUT2D eigenvalue weighted by Gasteiger charge is 2.11. The molecule has 0 spiro atoms. The van der Waals surface area contributed by atoms with Crippen LogP contribution in [0.3, 0.4) is 0 Å². The van der Waals surface area contributed by atoms with Crippen molar-refractivity contribution in [3.63, 3.8) is 0 Å². The third kappa shape index (κ3) is 4.41. The second-order valence-corrected chi connectivity index (χ2v) is 7.46. The third-order valence-corrected chi connectivity index (χ3v) is 5.37. The molecule has 2 aromatic heterocycles. The molecule has 0 saturated heterocycles. The first-order valence-corrected chi connectivity index (χ1v) is 9.96. The minimum Gasteiger partial charge on any atom is -0.382 e. The Balaban J connectivity index is 1.61. The Morgan fingerprint density at radius 3 is 2.55 bits per heavy atom. The van der Waals surface area contributed by atoms with E-state index < -0.39 is 0 Å². The Morgan fingerprint density at radius 2 is 1.79 bits per heavy atom. The molecule has 0 fully saturated rings. The lowest BCUT2D eigenvalue weighted by atomic mass is 9.98. The van der Waals surface area contributed by atoms with E-state index in [2.05, 4.69) is 19.9 Å². The Kier molecular flexibility index (Phi) is 5.48. The molecule has 0 saturated carbocycles. The van der Waals surface area contributed by atoms with Crippen LogP contribution in [0.5, 0.6) is 0 Å². The van der Waals surface area contributed by atoms with Gasteiger partial charge in [-0.05, 0) is 41.8 Å². The molecule has 144 valence electrons. The van der Waals surface area contributed by atoms with Gasteiger partial charge in [-0.15, -0.1) is 11.8 Å². The molecule has 4 aromatic rings. The van der Waals surface area contributed by atoms with E-state index in [4.69, 9.17) is 5.73 Å². The Bertz CT molecular complexity index is 1150. The van der Waals surface area contributed by atoms with Crippen LogP contribution in [0.25, 0.3) is 22.4 Å². The molecule has 0 aliphatic rings. The van der Waals surface area contributed by atoms with Crippen LogP contribution in [0, 0.1) is 12.7 Å². The largest absolute Gasteiger partial charge is 0.382 e. The van der Waals surface area contributed by atoms with Gasteiger partial charge in [-0.1, -0.05) is 30.3 Å². The summed E-state index contributed by atoms with van der Waals surface area (Å²) in [6.07, 6.45) is 4.46. The molecule has 0 aliphatic carbocycles. The number of aromatic nitrogens is 4. The van der Waals surface area contributed by atoms with E-state index in [9.17, 15) is 4.39 Å². The summed E-state index contributed by atoms with van der Waals surface area (Å²) in [5.74, 6) is 0.672. The summed E-state index contributed by atoms with van der Waals surface area (Å²) in [6, 6.07) is 15.1. The smallest absolute Gasteiger partial charge is 0.141 e. The topological polar surface area (TPSA) is 77.6 Å². The lowest BCUT2D eigenvalue weighted by Crippen LogP contribution is -1.95. The fourth-order valence-corrected chi connectivity index (χ4v) is 3.89. The first-order chi connectivity index (χ1) is 14.1. The fourth-order valence-electron chi connectivity index (χ4n) is 2.96. The second kappa shape index (κ2) is 8.36. The fraction of sp³-hybridized carbons (Fsp3) is 0.0909.